The molecule has 0 atom stereocenters. The average Bonchev–Trinajstić information content (AvgIpc) is 2.34. The lowest BCUT2D eigenvalue weighted by Crippen LogP contribution is -2.30. The van der Waals surface area contributed by atoms with E-state index in [0.29, 0.717) is 5.56 Å². The molecule has 2 N–H and O–H groups in total. The van der Waals surface area contributed by atoms with Crippen LogP contribution in [0.1, 0.15) is 22.3 Å². The second kappa shape index (κ2) is 5.86. The van der Waals surface area contributed by atoms with Gasteiger partial charge in [0.05, 0.1) is 6.42 Å². The summed E-state index contributed by atoms with van der Waals surface area (Å²) in [6.07, 6.45) is -5.26. The first-order valence-corrected chi connectivity index (χ1v) is 5.44. The smallest absolute Gasteiger partial charge is 0.341 e. The van der Waals surface area contributed by atoms with Crippen LogP contribution in [0.4, 0.5) is 13.2 Å². The van der Waals surface area contributed by atoms with E-state index < -0.39 is 18.5 Å². The standard InChI is InChI=1S/C12H15F3N2O/c1-17(6-5-12(13,14)15)11(18)10-4-2-3-9(7-10)8-16/h2-4,7H,5-6,8,16H2,1H3. The Balaban J connectivity index is 2.68. The molecule has 0 radical (unpaired) electrons. The monoisotopic (exact) mass is 260 g/mol. The summed E-state index contributed by atoms with van der Waals surface area (Å²) in [6.45, 7) is -0.0669. The Morgan fingerprint density at radius 2 is 2.06 bits per heavy atom. The summed E-state index contributed by atoms with van der Waals surface area (Å²) in [4.78, 5) is 12.9. The number of nitrogens with zero attached hydrogens (tertiary/aromatic N) is 1. The van der Waals surface area contributed by atoms with Crippen molar-refractivity contribution in [3.63, 3.8) is 0 Å². The second-order valence-corrected chi connectivity index (χ2v) is 4.00. The fourth-order valence-corrected chi connectivity index (χ4v) is 1.45. The van der Waals surface area contributed by atoms with E-state index in [1.54, 1.807) is 24.3 Å². The third kappa shape index (κ3) is 4.37. The van der Waals surface area contributed by atoms with Crippen molar-refractivity contribution < 1.29 is 18.0 Å². The molecule has 1 aromatic rings. The van der Waals surface area contributed by atoms with Crippen LogP contribution < -0.4 is 5.73 Å². The van der Waals surface area contributed by atoms with Crippen LogP contribution in [-0.2, 0) is 6.54 Å². The highest BCUT2D eigenvalue weighted by Crippen LogP contribution is 2.20. The van der Waals surface area contributed by atoms with Gasteiger partial charge in [0.2, 0.25) is 0 Å². The Labute approximate surface area is 103 Å². The minimum Gasteiger partial charge on any atom is -0.341 e. The number of hydrogen-bond acceptors (Lipinski definition) is 2. The predicted molar refractivity (Wildman–Crippen MR) is 62.0 cm³/mol. The van der Waals surface area contributed by atoms with E-state index in [1.807, 2.05) is 0 Å². The third-order valence-electron chi connectivity index (χ3n) is 2.49. The molecular weight excluding hydrogens is 245 g/mol. The first kappa shape index (κ1) is 14.5. The number of rotatable bonds is 4. The molecule has 3 nitrogen and oxygen atoms in total. The molecule has 0 aromatic heterocycles. The van der Waals surface area contributed by atoms with E-state index in [2.05, 4.69) is 0 Å². The minimum absolute atomic E-state index is 0.285. The van der Waals surface area contributed by atoms with Crippen molar-refractivity contribution in [3.05, 3.63) is 35.4 Å². The van der Waals surface area contributed by atoms with Crippen molar-refractivity contribution in [1.82, 2.24) is 4.90 Å². The van der Waals surface area contributed by atoms with E-state index >= 15 is 0 Å². The highest BCUT2D eigenvalue weighted by atomic mass is 19.4. The van der Waals surface area contributed by atoms with Crippen molar-refractivity contribution >= 4 is 5.91 Å². The van der Waals surface area contributed by atoms with Gasteiger partial charge in [0, 0.05) is 25.7 Å². The highest BCUT2D eigenvalue weighted by molar-refractivity contribution is 5.94. The van der Waals surface area contributed by atoms with E-state index in [-0.39, 0.29) is 13.1 Å². The SMILES string of the molecule is CN(CCC(F)(F)F)C(=O)c1cccc(CN)c1. The molecule has 1 aromatic carbocycles. The van der Waals surface area contributed by atoms with Gasteiger partial charge in [0.15, 0.2) is 0 Å². The largest absolute Gasteiger partial charge is 0.390 e. The maximum atomic E-state index is 12.0. The zero-order valence-electron chi connectivity index (χ0n) is 10.00. The van der Waals surface area contributed by atoms with Gasteiger partial charge in [0.1, 0.15) is 0 Å². The molecule has 0 unspecified atom stereocenters. The first-order valence-electron chi connectivity index (χ1n) is 5.44. The van der Waals surface area contributed by atoms with E-state index in [1.165, 1.54) is 7.05 Å². The van der Waals surface area contributed by atoms with Crippen molar-refractivity contribution in [1.29, 1.82) is 0 Å². The van der Waals surface area contributed by atoms with Crippen LogP contribution in [0.3, 0.4) is 0 Å². The van der Waals surface area contributed by atoms with Gasteiger partial charge in [-0.3, -0.25) is 4.79 Å². The zero-order chi connectivity index (χ0) is 13.8. The summed E-state index contributed by atoms with van der Waals surface area (Å²) >= 11 is 0. The molecular formula is C12H15F3N2O. The molecule has 0 aliphatic rings. The number of benzene rings is 1. The number of nitrogens with two attached hydrogens (primary N) is 1. The van der Waals surface area contributed by atoms with Crippen LogP contribution in [0.25, 0.3) is 0 Å². The van der Waals surface area contributed by atoms with Crippen LogP contribution in [0.15, 0.2) is 24.3 Å². The normalized spacial score (nSPS) is 11.4. The Hall–Kier alpha value is -1.56. The maximum Gasteiger partial charge on any atom is 0.390 e. The van der Waals surface area contributed by atoms with Crippen LogP contribution in [-0.4, -0.2) is 30.6 Å². The Bertz CT molecular complexity index is 418. The van der Waals surface area contributed by atoms with Gasteiger partial charge < -0.3 is 10.6 Å². The van der Waals surface area contributed by atoms with Crippen molar-refractivity contribution in [2.45, 2.75) is 19.1 Å². The molecule has 0 aliphatic heterocycles. The molecule has 0 fully saturated rings. The molecule has 0 spiro atoms. The lowest BCUT2D eigenvalue weighted by atomic mass is 10.1. The molecule has 18 heavy (non-hydrogen) atoms. The molecule has 0 aliphatic carbocycles. The third-order valence-corrected chi connectivity index (χ3v) is 2.49. The molecule has 6 heteroatoms. The molecule has 1 rings (SSSR count). The fraction of sp³-hybridized carbons (Fsp3) is 0.417. The van der Waals surface area contributed by atoms with Gasteiger partial charge in [-0.2, -0.15) is 13.2 Å². The van der Waals surface area contributed by atoms with Crippen molar-refractivity contribution in [2.24, 2.45) is 5.73 Å². The number of carbonyl (C=O) groups excluding carboxylic acids is 1. The summed E-state index contributed by atoms with van der Waals surface area (Å²) in [5.74, 6) is -0.436. The van der Waals surface area contributed by atoms with E-state index in [9.17, 15) is 18.0 Å². The molecule has 1 amide bonds. The average molecular weight is 260 g/mol. The molecule has 0 heterocycles. The first-order chi connectivity index (χ1) is 8.33. The number of hydrogen-bond donors (Lipinski definition) is 1. The molecule has 0 saturated carbocycles. The summed E-state index contributed by atoms with van der Waals surface area (Å²) in [5.41, 5.74) is 6.56. The van der Waals surface area contributed by atoms with Gasteiger partial charge in [-0.1, -0.05) is 12.1 Å². The predicted octanol–water partition coefficient (Wildman–Crippen LogP) is 2.17. The molecule has 0 saturated heterocycles. The minimum atomic E-state index is -4.26. The quantitative estimate of drug-likeness (QED) is 0.901. The lowest BCUT2D eigenvalue weighted by Gasteiger charge is -2.18. The summed E-state index contributed by atoms with van der Waals surface area (Å²) in [5, 5.41) is 0. The van der Waals surface area contributed by atoms with Gasteiger partial charge in [0.25, 0.3) is 5.91 Å². The van der Waals surface area contributed by atoms with Gasteiger partial charge in [-0.05, 0) is 17.7 Å². The summed E-state index contributed by atoms with van der Waals surface area (Å²) in [7, 11) is 1.35. The van der Waals surface area contributed by atoms with Crippen molar-refractivity contribution in [3.8, 4) is 0 Å². The maximum absolute atomic E-state index is 12.0. The second-order valence-electron chi connectivity index (χ2n) is 4.00. The highest BCUT2D eigenvalue weighted by Gasteiger charge is 2.28. The van der Waals surface area contributed by atoms with Crippen LogP contribution in [0.5, 0.6) is 0 Å². The summed E-state index contributed by atoms with van der Waals surface area (Å²) in [6, 6.07) is 6.57. The Morgan fingerprint density at radius 1 is 1.39 bits per heavy atom. The Kier molecular flexibility index (Phi) is 4.72. The van der Waals surface area contributed by atoms with Crippen molar-refractivity contribution in [2.75, 3.05) is 13.6 Å². The fourth-order valence-electron chi connectivity index (χ4n) is 1.45. The Morgan fingerprint density at radius 3 is 2.61 bits per heavy atom. The number of alkyl halides is 3. The van der Waals surface area contributed by atoms with Gasteiger partial charge in [-0.25, -0.2) is 0 Å². The molecule has 100 valence electrons. The van der Waals surface area contributed by atoms with E-state index in [4.69, 9.17) is 5.73 Å². The lowest BCUT2D eigenvalue weighted by molar-refractivity contribution is -0.136. The number of carbonyl (C=O) groups is 1. The summed E-state index contributed by atoms with van der Waals surface area (Å²) < 4.78 is 36.1. The van der Waals surface area contributed by atoms with Gasteiger partial charge >= 0.3 is 6.18 Å². The van der Waals surface area contributed by atoms with Gasteiger partial charge in [-0.15, -0.1) is 0 Å². The number of amides is 1. The topological polar surface area (TPSA) is 46.3 Å². The van der Waals surface area contributed by atoms with Crippen LogP contribution >= 0.6 is 0 Å². The molecule has 0 bridgehead atoms. The van der Waals surface area contributed by atoms with Crippen LogP contribution in [0, 0.1) is 0 Å². The van der Waals surface area contributed by atoms with E-state index in [0.717, 1.165) is 10.5 Å². The number of halogens is 3. The van der Waals surface area contributed by atoms with Crippen LogP contribution in [0.2, 0.25) is 0 Å². The zero-order valence-corrected chi connectivity index (χ0v) is 10.00.